The van der Waals surface area contributed by atoms with Gasteiger partial charge in [-0.05, 0) is 30.7 Å². The fourth-order valence-electron chi connectivity index (χ4n) is 3.74. The Balaban J connectivity index is 1.93. The largest absolute Gasteiger partial charge is 0.373 e. The van der Waals surface area contributed by atoms with Crippen molar-refractivity contribution in [3.63, 3.8) is 0 Å². The lowest BCUT2D eigenvalue weighted by atomic mass is 9.86. The number of carbonyl (C=O) groups is 1. The molecule has 0 radical (unpaired) electrons. The summed E-state index contributed by atoms with van der Waals surface area (Å²) in [5, 5.41) is 30.1. The summed E-state index contributed by atoms with van der Waals surface area (Å²) >= 11 is 0.916. The molecule has 0 saturated carbocycles. The molecule has 2 heterocycles. The minimum Gasteiger partial charge on any atom is -0.373 e. The highest BCUT2D eigenvalue weighted by atomic mass is 32.2. The van der Waals surface area contributed by atoms with Crippen LogP contribution in [0.5, 0.6) is 0 Å². The van der Waals surface area contributed by atoms with E-state index in [0.717, 1.165) is 17.8 Å². The second kappa shape index (κ2) is 8.88. The number of hydrogen-bond donors (Lipinski definition) is 2. The van der Waals surface area contributed by atoms with Gasteiger partial charge in [-0.3, -0.25) is 4.79 Å². The summed E-state index contributed by atoms with van der Waals surface area (Å²) in [6.45, 7) is 1.70. The molecule has 31 heavy (non-hydrogen) atoms. The lowest BCUT2D eigenvalue weighted by Gasteiger charge is -2.22. The standard InChI is InChI=1S/C21H19F2N5O2S/c1-2-13-15(9-24)28(11-21(13,30)10-25)18-4-3-5-19(27-18)31-16-7-6-14(22)12(20(16)23)8-17(26)29/h3-7,13,15,30H,2,8,11H2,1H3,(H2,26,29)/t13?,15?,21-/m1/s1. The Hall–Kier alpha value is -3.21. The van der Waals surface area contributed by atoms with E-state index in [0.29, 0.717) is 17.3 Å². The molecule has 1 aromatic heterocycles. The van der Waals surface area contributed by atoms with Gasteiger partial charge < -0.3 is 15.7 Å². The van der Waals surface area contributed by atoms with Crippen LogP contribution in [0.25, 0.3) is 0 Å². The minimum atomic E-state index is -1.69. The van der Waals surface area contributed by atoms with Crippen LogP contribution in [0.4, 0.5) is 14.6 Å². The number of aromatic nitrogens is 1. The molecule has 1 amide bonds. The van der Waals surface area contributed by atoms with Crippen molar-refractivity contribution in [1.29, 1.82) is 10.5 Å². The van der Waals surface area contributed by atoms with Gasteiger partial charge in [-0.1, -0.05) is 24.8 Å². The number of nitrogens with two attached hydrogens (primary N) is 1. The number of halogens is 2. The first-order chi connectivity index (χ1) is 14.7. The molecule has 160 valence electrons. The number of amides is 1. The maximum Gasteiger partial charge on any atom is 0.222 e. The van der Waals surface area contributed by atoms with Crippen LogP contribution in [0.15, 0.2) is 40.3 Å². The van der Waals surface area contributed by atoms with Gasteiger partial charge in [-0.25, -0.2) is 13.8 Å². The Morgan fingerprint density at radius 2 is 2.13 bits per heavy atom. The number of primary amides is 1. The molecule has 1 fully saturated rings. The van der Waals surface area contributed by atoms with E-state index in [1.807, 2.05) is 6.07 Å². The quantitative estimate of drug-likeness (QED) is 0.657. The van der Waals surface area contributed by atoms with Crippen molar-refractivity contribution >= 4 is 23.5 Å². The molecule has 0 bridgehead atoms. The van der Waals surface area contributed by atoms with Crippen LogP contribution >= 0.6 is 11.8 Å². The van der Waals surface area contributed by atoms with Crippen LogP contribution in [0, 0.1) is 40.2 Å². The van der Waals surface area contributed by atoms with E-state index in [1.54, 1.807) is 30.0 Å². The van der Waals surface area contributed by atoms with Crippen LogP contribution < -0.4 is 10.6 Å². The van der Waals surface area contributed by atoms with Crippen LogP contribution in [-0.4, -0.2) is 34.2 Å². The molecule has 1 saturated heterocycles. The molecule has 7 nitrogen and oxygen atoms in total. The van der Waals surface area contributed by atoms with Crippen LogP contribution in [0.3, 0.4) is 0 Å². The maximum absolute atomic E-state index is 14.7. The number of rotatable bonds is 6. The first kappa shape index (κ1) is 22.5. The predicted molar refractivity (Wildman–Crippen MR) is 109 cm³/mol. The lowest BCUT2D eigenvalue weighted by molar-refractivity contribution is -0.117. The van der Waals surface area contributed by atoms with E-state index < -0.39 is 47.1 Å². The summed E-state index contributed by atoms with van der Waals surface area (Å²) in [6, 6.07) is 10.5. The van der Waals surface area contributed by atoms with Gasteiger partial charge >= 0.3 is 0 Å². The maximum atomic E-state index is 14.7. The van der Waals surface area contributed by atoms with Crippen LogP contribution in [0.2, 0.25) is 0 Å². The molecule has 2 aromatic rings. The second-order valence-corrected chi connectivity index (χ2v) is 8.23. The third-order valence-electron chi connectivity index (χ3n) is 5.23. The highest BCUT2D eigenvalue weighted by Gasteiger charge is 2.52. The number of pyridine rings is 1. The second-order valence-electron chi connectivity index (χ2n) is 7.17. The number of nitrogens with zero attached hydrogens (tertiary/aromatic N) is 4. The molecule has 0 spiro atoms. The number of aliphatic hydroxyl groups is 1. The van der Waals surface area contributed by atoms with Gasteiger partial charge in [-0.2, -0.15) is 10.5 Å². The van der Waals surface area contributed by atoms with Gasteiger partial charge in [0, 0.05) is 11.5 Å². The fourth-order valence-corrected chi connectivity index (χ4v) is 4.60. The number of β-amino-alcohol motifs (C(OH)–C–C–N with tert-alkyl or cyclic N) is 1. The predicted octanol–water partition coefficient (Wildman–Crippen LogP) is 2.53. The fraction of sp³-hybridized carbons (Fsp3) is 0.333. The molecule has 3 N–H and O–H groups in total. The van der Waals surface area contributed by atoms with E-state index >= 15 is 0 Å². The summed E-state index contributed by atoms with van der Waals surface area (Å²) in [7, 11) is 0. The normalized spacial score (nSPS) is 22.7. The summed E-state index contributed by atoms with van der Waals surface area (Å²) in [5.74, 6) is -2.84. The number of nitriles is 2. The third kappa shape index (κ3) is 4.31. The van der Waals surface area contributed by atoms with Crippen molar-refractivity contribution in [2.45, 2.75) is 41.3 Å². The monoisotopic (exact) mass is 443 g/mol. The summed E-state index contributed by atoms with van der Waals surface area (Å²) < 4.78 is 28.6. The number of carbonyl (C=O) groups excluding carboxylic acids is 1. The van der Waals surface area contributed by atoms with Gasteiger partial charge in [0.15, 0.2) is 5.60 Å². The highest BCUT2D eigenvalue weighted by Crippen LogP contribution is 2.39. The smallest absolute Gasteiger partial charge is 0.222 e. The van der Waals surface area contributed by atoms with Gasteiger partial charge in [-0.15, -0.1) is 0 Å². The molecule has 2 unspecified atom stereocenters. The topological polar surface area (TPSA) is 127 Å². The Morgan fingerprint density at radius 1 is 1.39 bits per heavy atom. The number of hydrogen-bond acceptors (Lipinski definition) is 7. The van der Waals surface area contributed by atoms with Crippen LogP contribution in [0.1, 0.15) is 18.9 Å². The summed E-state index contributed by atoms with van der Waals surface area (Å²) in [5.41, 5.74) is 2.97. The van der Waals surface area contributed by atoms with Gasteiger partial charge in [0.1, 0.15) is 28.5 Å². The van der Waals surface area contributed by atoms with Crippen molar-refractivity contribution < 1.29 is 18.7 Å². The van der Waals surface area contributed by atoms with E-state index in [-0.39, 0.29) is 11.4 Å². The van der Waals surface area contributed by atoms with Crippen molar-refractivity contribution in [3.05, 3.63) is 47.5 Å². The van der Waals surface area contributed by atoms with E-state index in [4.69, 9.17) is 5.73 Å². The molecule has 10 heteroatoms. The van der Waals surface area contributed by atoms with Crippen LogP contribution in [-0.2, 0) is 11.2 Å². The van der Waals surface area contributed by atoms with Crippen molar-refractivity contribution in [2.75, 3.05) is 11.4 Å². The molecule has 0 aliphatic carbocycles. The zero-order valence-electron chi connectivity index (χ0n) is 16.5. The van der Waals surface area contributed by atoms with Crippen molar-refractivity contribution in [3.8, 4) is 12.1 Å². The molecule has 3 rings (SSSR count). The number of anilines is 1. The lowest BCUT2D eigenvalue weighted by Crippen LogP contribution is -2.36. The average molecular weight is 443 g/mol. The SMILES string of the molecule is CCC1C(C#N)N(c2cccc(Sc3ccc(F)c(CC(N)=O)c3F)n2)C[C@]1(O)C#N. The Kier molecular flexibility index (Phi) is 6.44. The average Bonchev–Trinajstić information content (AvgIpc) is 3.05. The molecule has 1 aliphatic heterocycles. The Labute approximate surface area is 182 Å². The van der Waals surface area contributed by atoms with E-state index in [9.17, 15) is 29.2 Å². The number of benzene rings is 1. The Morgan fingerprint density at radius 3 is 2.74 bits per heavy atom. The molecular formula is C21H19F2N5O2S. The summed E-state index contributed by atoms with van der Waals surface area (Å²) in [4.78, 5) is 17.2. The summed E-state index contributed by atoms with van der Waals surface area (Å²) in [6.07, 6.45) is -0.140. The highest BCUT2D eigenvalue weighted by molar-refractivity contribution is 7.99. The van der Waals surface area contributed by atoms with Crippen molar-refractivity contribution in [2.24, 2.45) is 11.7 Å². The molecule has 3 atom stereocenters. The first-order valence-electron chi connectivity index (χ1n) is 9.44. The molecule has 1 aliphatic rings. The van der Waals surface area contributed by atoms with E-state index in [1.165, 1.54) is 6.07 Å². The van der Waals surface area contributed by atoms with Gasteiger partial charge in [0.2, 0.25) is 5.91 Å². The molecular weight excluding hydrogens is 424 g/mol. The van der Waals surface area contributed by atoms with Crippen molar-refractivity contribution in [1.82, 2.24) is 4.98 Å². The first-order valence-corrected chi connectivity index (χ1v) is 10.3. The zero-order valence-corrected chi connectivity index (χ0v) is 17.4. The third-order valence-corrected chi connectivity index (χ3v) is 6.20. The molecule has 1 aromatic carbocycles. The van der Waals surface area contributed by atoms with Gasteiger partial charge in [0.25, 0.3) is 0 Å². The van der Waals surface area contributed by atoms with E-state index in [2.05, 4.69) is 11.1 Å². The zero-order chi connectivity index (χ0) is 22.8. The minimum absolute atomic E-state index is 0.0560. The van der Waals surface area contributed by atoms with Gasteiger partial charge in [0.05, 0.1) is 30.0 Å². The Bertz CT molecular complexity index is 1100.